The van der Waals surface area contributed by atoms with Gasteiger partial charge in [-0.3, -0.25) is 0 Å². The third-order valence-electron chi connectivity index (χ3n) is 3.47. The number of rotatable bonds is 3. The topological polar surface area (TPSA) is 26.0 Å². The van der Waals surface area contributed by atoms with E-state index in [1.165, 1.54) is 12.1 Å². The molecule has 1 aliphatic carbocycles. The Morgan fingerprint density at radius 3 is 2.47 bits per heavy atom. The van der Waals surface area contributed by atoms with Gasteiger partial charge in [-0.2, -0.15) is 0 Å². The average Bonchev–Trinajstić information content (AvgIpc) is 2.17. The molecule has 2 N–H and O–H groups in total. The summed E-state index contributed by atoms with van der Waals surface area (Å²) in [6, 6.07) is 6.04. The van der Waals surface area contributed by atoms with Crippen molar-refractivity contribution in [2.24, 2.45) is 11.1 Å². The Morgan fingerprint density at radius 2 is 2.00 bits per heavy atom. The van der Waals surface area contributed by atoms with E-state index in [1.54, 1.807) is 12.1 Å². The van der Waals surface area contributed by atoms with Crippen LogP contribution in [0.15, 0.2) is 24.3 Å². The fraction of sp³-hybridized carbons (Fsp3) is 0.500. The summed E-state index contributed by atoms with van der Waals surface area (Å²) < 4.78 is 27.6. The lowest BCUT2D eigenvalue weighted by atomic mass is 9.64. The van der Waals surface area contributed by atoms with Crippen molar-refractivity contribution in [1.82, 2.24) is 0 Å². The smallest absolute Gasteiger partial charge is 0.135 e. The number of halogens is 2. The molecule has 0 aromatic heterocycles. The largest absolute Gasteiger partial charge is 0.330 e. The zero-order chi connectivity index (χ0) is 10.9. The van der Waals surface area contributed by atoms with E-state index in [4.69, 9.17) is 5.73 Å². The first-order valence-corrected chi connectivity index (χ1v) is 5.28. The molecule has 0 heterocycles. The highest BCUT2D eigenvalue weighted by atomic mass is 19.1. The van der Waals surface area contributed by atoms with E-state index in [2.05, 4.69) is 0 Å². The molecular formula is C12H15F2N. The van der Waals surface area contributed by atoms with E-state index in [0.717, 1.165) is 19.3 Å². The molecule has 2 rings (SSSR count). The maximum Gasteiger partial charge on any atom is 0.135 e. The van der Waals surface area contributed by atoms with Crippen molar-refractivity contribution in [3.8, 4) is 0 Å². The van der Waals surface area contributed by atoms with Crippen molar-refractivity contribution in [3.05, 3.63) is 35.6 Å². The van der Waals surface area contributed by atoms with E-state index in [0.29, 0.717) is 6.54 Å². The molecule has 0 aliphatic heterocycles. The molecule has 0 amide bonds. The molecule has 1 saturated carbocycles. The van der Waals surface area contributed by atoms with E-state index in [-0.39, 0.29) is 5.56 Å². The van der Waals surface area contributed by atoms with Gasteiger partial charge in [-0.25, -0.2) is 8.78 Å². The molecule has 1 fully saturated rings. The van der Waals surface area contributed by atoms with Crippen molar-refractivity contribution in [1.29, 1.82) is 0 Å². The molecule has 0 saturated heterocycles. The van der Waals surface area contributed by atoms with Gasteiger partial charge in [0.05, 0.1) is 0 Å². The summed E-state index contributed by atoms with van der Waals surface area (Å²) in [5, 5.41) is 0. The van der Waals surface area contributed by atoms with Gasteiger partial charge in [0.25, 0.3) is 0 Å². The zero-order valence-corrected chi connectivity index (χ0v) is 8.55. The lowest BCUT2D eigenvalue weighted by molar-refractivity contribution is 0.0263. The molecule has 1 aliphatic rings. The Balaban J connectivity index is 2.27. The first-order valence-electron chi connectivity index (χ1n) is 5.28. The Bertz CT molecular complexity index is 342. The minimum atomic E-state index is -1.27. The van der Waals surface area contributed by atoms with Crippen LogP contribution in [0.2, 0.25) is 0 Å². The van der Waals surface area contributed by atoms with Crippen LogP contribution in [0, 0.1) is 11.2 Å². The number of hydrogen-bond acceptors (Lipinski definition) is 1. The molecule has 0 spiro atoms. The number of benzene rings is 1. The van der Waals surface area contributed by atoms with Crippen LogP contribution >= 0.6 is 0 Å². The number of alkyl halides is 1. The highest BCUT2D eigenvalue weighted by Crippen LogP contribution is 2.51. The van der Waals surface area contributed by atoms with Gasteiger partial charge >= 0.3 is 0 Å². The monoisotopic (exact) mass is 211 g/mol. The summed E-state index contributed by atoms with van der Waals surface area (Å²) >= 11 is 0. The van der Waals surface area contributed by atoms with Crippen LogP contribution in [0.1, 0.15) is 31.0 Å². The standard InChI is InChI=1S/C12H15F2N/c13-10-5-2-1-4-9(10)11(14)12(8-15)6-3-7-12/h1-2,4-5,11H,3,6-8,15H2. The second-order valence-corrected chi connectivity index (χ2v) is 4.30. The Kier molecular flexibility index (Phi) is 2.74. The maximum atomic E-state index is 14.2. The van der Waals surface area contributed by atoms with Gasteiger partial charge in [0.15, 0.2) is 0 Å². The van der Waals surface area contributed by atoms with Gasteiger partial charge in [0, 0.05) is 17.5 Å². The summed E-state index contributed by atoms with van der Waals surface area (Å²) in [5.41, 5.74) is 5.24. The SMILES string of the molecule is NCC1(C(F)c2ccccc2F)CCC1. The molecule has 3 heteroatoms. The van der Waals surface area contributed by atoms with E-state index >= 15 is 0 Å². The van der Waals surface area contributed by atoms with Gasteiger partial charge in [-0.15, -0.1) is 0 Å². The number of nitrogens with two attached hydrogens (primary N) is 1. The third-order valence-corrected chi connectivity index (χ3v) is 3.47. The summed E-state index contributed by atoms with van der Waals surface area (Å²) in [7, 11) is 0. The molecule has 1 atom stereocenters. The van der Waals surface area contributed by atoms with Gasteiger partial charge in [-0.05, 0) is 18.9 Å². The second kappa shape index (κ2) is 3.89. The minimum absolute atomic E-state index is 0.155. The van der Waals surface area contributed by atoms with Crippen molar-refractivity contribution in [3.63, 3.8) is 0 Å². The van der Waals surface area contributed by atoms with Gasteiger partial charge in [-0.1, -0.05) is 24.6 Å². The predicted molar refractivity (Wildman–Crippen MR) is 55.6 cm³/mol. The maximum absolute atomic E-state index is 14.2. The molecule has 1 aromatic rings. The van der Waals surface area contributed by atoms with Crippen molar-refractivity contribution >= 4 is 0 Å². The van der Waals surface area contributed by atoms with Crippen LogP contribution in [0.4, 0.5) is 8.78 Å². The summed E-state index contributed by atoms with van der Waals surface area (Å²) in [5.74, 6) is -0.468. The Morgan fingerprint density at radius 1 is 1.33 bits per heavy atom. The van der Waals surface area contributed by atoms with Gasteiger partial charge in [0.2, 0.25) is 0 Å². The Labute approximate surface area is 88.3 Å². The summed E-state index contributed by atoms with van der Waals surface area (Å²) in [6.45, 7) is 0.294. The third kappa shape index (κ3) is 1.65. The highest BCUT2D eigenvalue weighted by molar-refractivity contribution is 5.23. The van der Waals surface area contributed by atoms with Crippen molar-refractivity contribution in [2.45, 2.75) is 25.4 Å². The zero-order valence-electron chi connectivity index (χ0n) is 8.55. The van der Waals surface area contributed by atoms with E-state index < -0.39 is 17.4 Å². The average molecular weight is 211 g/mol. The minimum Gasteiger partial charge on any atom is -0.330 e. The first kappa shape index (κ1) is 10.6. The molecule has 0 bridgehead atoms. The van der Waals surface area contributed by atoms with Crippen LogP contribution in [0.3, 0.4) is 0 Å². The van der Waals surface area contributed by atoms with Crippen LogP contribution < -0.4 is 5.73 Å². The lowest BCUT2D eigenvalue weighted by Crippen LogP contribution is -2.41. The molecule has 1 unspecified atom stereocenters. The molecule has 1 nitrogen and oxygen atoms in total. The van der Waals surface area contributed by atoms with Crippen LogP contribution in [0.25, 0.3) is 0 Å². The van der Waals surface area contributed by atoms with Gasteiger partial charge in [0.1, 0.15) is 12.0 Å². The summed E-state index contributed by atoms with van der Waals surface area (Å²) in [4.78, 5) is 0. The fourth-order valence-corrected chi connectivity index (χ4v) is 2.20. The molecule has 82 valence electrons. The van der Waals surface area contributed by atoms with Crippen molar-refractivity contribution in [2.75, 3.05) is 6.54 Å². The van der Waals surface area contributed by atoms with Crippen molar-refractivity contribution < 1.29 is 8.78 Å². The molecule has 15 heavy (non-hydrogen) atoms. The number of hydrogen-bond donors (Lipinski definition) is 1. The van der Waals surface area contributed by atoms with Crippen LogP contribution in [-0.4, -0.2) is 6.54 Å². The molecule has 0 radical (unpaired) electrons. The predicted octanol–water partition coefficient (Wildman–Crippen LogP) is 2.97. The Hall–Kier alpha value is -0.960. The molecule has 1 aromatic carbocycles. The quantitative estimate of drug-likeness (QED) is 0.817. The summed E-state index contributed by atoms with van der Waals surface area (Å²) in [6.07, 6.45) is 1.25. The van der Waals surface area contributed by atoms with E-state index in [9.17, 15) is 8.78 Å². The van der Waals surface area contributed by atoms with Crippen LogP contribution in [-0.2, 0) is 0 Å². The highest BCUT2D eigenvalue weighted by Gasteiger charge is 2.44. The first-order chi connectivity index (χ1) is 7.19. The fourth-order valence-electron chi connectivity index (χ4n) is 2.20. The van der Waals surface area contributed by atoms with Crippen LogP contribution in [0.5, 0.6) is 0 Å². The molecular weight excluding hydrogens is 196 g/mol. The second-order valence-electron chi connectivity index (χ2n) is 4.30. The normalized spacial score (nSPS) is 20.7. The van der Waals surface area contributed by atoms with E-state index in [1.807, 2.05) is 0 Å². The lowest BCUT2D eigenvalue weighted by Gasteiger charge is -2.43. The van der Waals surface area contributed by atoms with Gasteiger partial charge < -0.3 is 5.73 Å².